The zero-order chi connectivity index (χ0) is 16.2. The Morgan fingerprint density at radius 3 is 2.83 bits per heavy atom. The number of anilines is 1. The maximum absolute atomic E-state index is 12.2. The summed E-state index contributed by atoms with van der Waals surface area (Å²) in [6.45, 7) is 5.59. The van der Waals surface area contributed by atoms with E-state index in [0.29, 0.717) is 25.6 Å². The number of aryl methyl sites for hydroxylation is 3. The number of aromatic nitrogens is 6. The van der Waals surface area contributed by atoms with Gasteiger partial charge in [0, 0.05) is 32.2 Å². The number of tetrazole rings is 1. The fourth-order valence-corrected chi connectivity index (χ4v) is 2.85. The summed E-state index contributed by atoms with van der Waals surface area (Å²) >= 11 is 0. The molecule has 1 saturated heterocycles. The smallest absolute Gasteiger partial charge is 0.268 e. The summed E-state index contributed by atoms with van der Waals surface area (Å²) in [4.78, 5) is 14.4. The molecular formula is C14H22N8O. The van der Waals surface area contributed by atoms with E-state index in [4.69, 9.17) is 5.73 Å². The summed E-state index contributed by atoms with van der Waals surface area (Å²) in [5, 5.41) is 15.6. The van der Waals surface area contributed by atoms with Gasteiger partial charge in [0.15, 0.2) is 0 Å². The molecule has 0 aromatic carbocycles. The molecule has 3 heterocycles. The third-order valence-electron chi connectivity index (χ3n) is 4.29. The van der Waals surface area contributed by atoms with E-state index in [0.717, 1.165) is 37.4 Å². The first kappa shape index (κ1) is 15.6. The van der Waals surface area contributed by atoms with Gasteiger partial charge in [-0.05, 0) is 42.7 Å². The second kappa shape index (κ2) is 6.86. The van der Waals surface area contributed by atoms with Gasteiger partial charge < -0.3 is 10.6 Å². The molecule has 0 spiro atoms. The van der Waals surface area contributed by atoms with Crippen LogP contribution < -0.4 is 16.2 Å². The largest absolute Gasteiger partial charge is 0.370 e. The van der Waals surface area contributed by atoms with Gasteiger partial charge in [0.25, 0.3) is 5.56 Å². The molecule has 1 atom stereocenters. The van der Waals surface area contributed by atoms with Crippen LogP contribution in [-0.2, 0) is 13.1 Å². The maximum atomic E-state index is 12.2. The van der Waals surface area contributed by atoms with Gasteiger partial charge in [-0.25, -0.2) is 9.36 Å². The molecule has 1 fully saturated rings. The molecule has 2 aromatic heterocycles. The van der Waals surface area contributed by atoms with Crippen molar-refractivity contribution in [1.82, 2.24) is 30.0 Å². The Balaban J connectivity index is 1.59. The molecule has 0 radical (unpaired) electrons. The van der Waals surface area contributed by atoms with E-state index in [2.05, 4.69) is 25.5 Å². The number of hydrogen-bond donors (Lipinski definition) is 1. The summed E-state index contributed by atoms with van der Waals surface area (Å²) in [5.41, 5.74) is 6.52. The molecule has 9 nitrogen and oxygen atoms in total. The summed E-state index contributed by atoms with van der Waals surface area (Å²) in [6.07, 6.45) is 3.59. The predicted molar refractivity (Wildman–Crippen MR) is 85.0 cm³/mol. The lowest BCUT2D eigenvalue weighted by Crippen LogP contribution is -2.28. The van der Waals surface area contributed by atoms with Crippen molar-refractivity contribution in [3.8, 4) is 0 Å². The molecule has 0 bridgehead atoms. The van der Waals surface area contributed by atoms with Crippen LogP contribution in [0.2, 0.25) is 0 Å². The molecule has 9 heteroatoms. The normalized spacial score (nSPS) is 17.8. The molecule has 3 rings (SSSR count). The average Bonchev–Trinajstić information content (AvgIpc) is 3.18. The van der Waals surface area contributed by atoms with E-state index in [1.54, 1.807) is 16.9 Å². The summed E-state index contributed by atoms with van der Waals surface area (Å²) < 4.78 is 3.20. The lowest BCUT2D eigenvalue weighted by Gasteiger charge is -2.18. The fourth-order valence-electron chi connectivity index (χ4n) is 2.85. The number of rotatable bonds is 6. The lowest BCUT2D eigenvalue weighted by molar-refractivity contribution is 0.473. The molecule has 0 saturated carbocycles. The Hall–Kier alpha value is -2.29. The number of nitrogens with zero attached hydrogens (tertiary/aromatic N) is 7. The van der Waals surface area contributed by atoms with Gasteiger partial charge in [-0.3, -0.25) is 4.79 Å². The summed E-state index contributed by atoms with van der Waals surface area (Å²) in [6, 6.07) is 1.66. The van der Waals surface area contributed by atoms with Crippen LogP contribution in [0.1, 0.15) is 18.7 Å². The van der Waals surface area contributed by atoms with Crippen LogP contribution in [0.3, 0.4) is 0 Å². The predicted octanol–water partition coefficient (Wildman–Crippen LogP) is -0.586. The molecule has 23 heavy (non-hydrogen) atoms. The van der Waals surface area contributed by atoms with Gasteiger partial charge >= 0.3 is 0 Å². The Labute approximate surface area is 134 Å². The van der Waals surface area contributed by atoms with Gasteiger partial charge in [0.05, 0.1) is 11.9 Å². The molecule has 0 aliphatic carbocycles. The van der Waals surface area contributed by atoms with Crippen molar-refractivity contribution in [2.45, 2.75) is 32.9 Å². The number of nitrogens with two attached hydrogens (primary N) is 1. The minimum Gasteiger partial charge on any atom is -0.370 e. The van der Waals surface area contributed by atoms with Crippen LogP contribution in [0.5, 0.6) is 0 Å². The van der Waals surface area contributed by atoms with Crippen molar-refractivity contribution in [2.24, 2.45) is 11.7 Å². The zero-order valence-corrected chi connectivity index (χ0v) is 13.3. The third-order valence-corrected chi connectivity index (χ3v) is 4.29. The van der Waals surface area contributed by atoms with Crippen molar-refractivity contribution in [2.75, 3.05) is 24.5 Å². The van der Waals surface area contributed by atoms with E-state index < -0.39 is 0 Å². The van der Waals surface area contributed by atoms with E-state index >= 15 is 0 Å². The fraction of sp³-hybridized carbons (Fsp3) is 0.643. The van der Waals surface area contributed by atoms with Gasteiger partial charge in [-0.15, -0.1) is 5.10 Å². The van der Waals surface area contributed by atoms with Crippen molar-refractivity contribution in [3.63, 3.8) is 0 Å². The van der Waals surface area contributed by atoms with E-state index in [1.165, 1.54) is 4.68 Å². The van der Waals surface area contributed by atoms with Crippen LogP contribution in [-0.4, -0.2) is 49.6 Å². The van der Waals surface area contributed by atoms with E-state index in [1.807, 2.05) is 6.92 Å². The molecular weight excluding hydrogens is 296 g/mol. The van der Waals surface area contributed by atoms with Crippen LogP contribution in [0.15, 0.2) is 17.1 Å². The van der Waals surface area contributed by atoms with Crippen LogP contribution >= 0.6 is 0 Å². The molecule has 2 aromatic rings. The zero-order valence-electron chi connectivity index (χ0n) is 13.3. The van der Waals surface area contributed by atoms with Crippen LogP contribution in [0.4, 0.5) is 5.69 Å². The Morgan fingerprint density at radius 2 is 2.17 bits per heavy atom. The molecule has 2 N–H and O–H groups in total. The molecule has 124 valence electrons. The Morgan fingerprint density at radius 1 is 1.35 bits per heavy atom. The van der Waals surface area contributed by atoms with E-state index in [-0.39, 0.29) is 5.56 Å². The van der Waals surface area contributed by atoms with Gasteiger partial charge in [0.1, 0.15) is 5.82 Å². The minimum atomic E-state index is -0.0767. The lowest BCUT2D eigenvalue weighted by atomic mass is 10.1. The molecule has 1 aliphatic heterocycles. The molecule has 1 unspecified atom stereocenters. The van der Waals surface area contributed by atoms with Crippen LogP contribution in [0.25, 0.3) is 0 Å². The van der Waals surface area contributed by atoms with Crippen LogP contribution in [0, 0.1) is 12.8 Å². The van der Waals surface area contributed by atoms with E-state index in [9.17, 15) is 4.79 Å². The highest BCUT2D eigenvalue weighted by atomic mass is 16.1. The quantitative estimate of drug-likeness (QED) is 0.758. The molecule has 1 aliphatic rings. The highest BCUT2D eigenvalue weighted by molar-refractivity contribution is 5.44. The minimum absolute atomic E-state index is 0.0767. The van der Waals surface area contributed by atoms with Gasteiger partial charge in [-0.2, -0.15) is 5.10 Å². The van der Waals surface area contributed by atoms with Crippen molar-refractivity contribution in [1.29, 1.82) is 0 Å². The van der Waals surface area contributed by atoms with Gasteiger partial charge in [0.2, 0.25) is 0 Å². The first-order valence-corrected chi connectivity index (χ1v) is 7.92. The highest BCUT2D eigenvalue weighted by Gasteiger charge is 2.22. The second-order valence-electron chi connectivity index (χ2n) is 5.91. The standard InChI is InChI=1S/C14H22N8O/c1-11-17-18-19-21(11)4-2-5-22-14(23)7-13(9-16-22)20-6-3-12(8-15)10-20/h7,9,12H,2-6,8,10,15H2,1H3. The third kappa shape index (κ3) is 3.55. The van der Waals surface area contributed by atoms with Crippen molar-refractivity contribution >= 4 is 5.69 Å². The Bertz CT molecular complexity index is 709. The topological polar surface area (TPSA) is 108 Å². The van der Waals surface area contributed by atoms with Crippen molar-refractivity contribution < 1.29 is 0 Å². The molecule has 0 amide bonds. The average molecular weight is 318 g/mol. The second-order valence-corrected chi connectivity index (χ2v) is 5.91. The highest BCUT2D eigenvalue weighted by Crippen LogP contribution is 2.21. The first-order chi connectivity index (χ1) is 11.2. The summed E-state index contributed by atoms with van der Waals surface area (Å²) in [7, 11) is 0. The van der Waals surface area contributed by atoms with Gasteiger partial charge in [-0.1, -0.05) is 0 Å². The first-order valence-electron chi connectivity index (χ1n) is 7.92. The SMILES string of the molecule is Cc1nnnn1CCCn1ncc(N2CCC(CN)C2)cc1=O. The Kier molecular flexibility index (Phi) is 4.65. The number of hydrogen-bond acceptors (Lipinski definition) is 7. The monoisotopic (exact) mass is 318 g/mol. The maximum Gasteiger partial charge on any atom is 0.268 e. The van der Waals surface area contributed by atoms with Crippen molar-refractivity contribution in [3.05, 3.63) is 28.4 Å². The summed E-state index contributed by atoms with van der Waals surface area (Å²) in [5.74, 6) is 1.28.